The topological polar surface area (TPSA) is 38.8 Å². The maximum atomic E-state index is 12.5. The maximum Gasteiger partial charge on any atom is 0.263 e. The van der Waals surface area contributed by atoms with E-state index in [1.165, 1.54) is 0 Å². The summed E-state index contributed by atoms with van der Waals surface area (Å²) < 4.78 is 11.1. The standard InChI is InChI=1S/C15H17Cl2NO3/c16-10-1-2-13(12(17)9-10)21-14-3-6-18(15(14)19)11-4-7-20-8-5-11/h1-2,9,11,14H,3-8H2/t14-/m0/s1. The van der Waals surface area contributed by atoms with Crippen molar-refractivity contribution in [3.8, 4) is 5.75 Å². The Kier molecular flexibility index (Phi) is 4.57. The van der Waals surface area contributed by atoms with Crippen molar-refractivity contribution >= 4 is 29.1 Å². The predicted molar refractivity (Wildman–Crippen MR) is 81.0 cm³/mol. The average molecular weight is 330 g/mol. The van der Waals surface area contributed by atoms with Gasteiger partial charge < -0.3 is 14.4 Å². The summed E-state index contributed by atoms with van der Waals surface area (Å²) in [5.74, 6) is 0.557. The highest BCUT2D eigenvalue weighted by Gasteiger charge is 2.38. The van der Waals surface area contributed by atoms with E-state index >= 15 is 0 Å². The summed E-state index contributed by atoms with van der Waals surface area (Å²) in [7, 11) is 0. The van der Waals surface area contributed by atoms with Crippen molar-refractivity contribution in [1.82, 2.24) is 4.90 Å². The molecule has 0 radical (unpaired) electrons. The summed E-state index contributed by atoms with van der Waals surface area (Å²) >= 11 is 11.9. The van der Waals surface area contributed by atoms with Gasteiger partial charge in [0.1, 0.15) is 5.75 Å². The van der Waals surface area contributed by atoms with Crippen LogP contribution in [0.4, 0.5) is 0 Å². The quantitative estimate of drug-likeness (QED) is 0.855. The number of likely N-dealkylation sites (tertiary alicyclic amines) is 1. The van der Waals surface area contributed by atoms with Crippen LogP contribution in [-0.2, 0) is 9.53 Å². The number of nitrogens with zero attached hydrogens (tertiary/aromatic N) is 1. The molecule has 114 valence electrons. The van der Waals surface area contributed by atoms with Gasteiger partial charge in [-0.25, -0.2) is 0 Å². The van der Waals surface area contributed by atoms with Gasteiger partial charge in [-0.15, -0.1) is 0 Å². The number of hydrogen-bond acceptors (Lipinski definition) is 3. The van der Waals surface area contributed by atoms with Crippen LogP contribution < -0.4 is 4.74 Å². The molecule has 2 saturated heterocycles. The van der Waals surface area contributed by atoms with Crippen LogP contribution in [0, 0.1) is 0 Å². The van der Waals surface area contributed by atoms with Crippen molar-refractivity contribution in [3.63, 3.8) is 0 Å². The molecule has 2 aliphatic rings. The number of benzene rings is 1. The predicted octanol–water partition coefficient (Wildman–Crippen LogP) is 3.15. The van der Waals surface area contributed by atoms with Gasteiger partial charge in [0.05, 0.1) is 5.02 Å². The minimum Gasteiger partial charge on any atom is -0.479 e. The highest BCUT2D eigenvalue weighted by Crippen LogP contribution is 2.31. The van der Waals surface area contributed by atoms with E-state index in [0.29, 0.717) is 22.2 Å². The third kappa shape index (κ3) is 3.28. The maximum absolute atomic E-state index is 12.5. The summed E-state index contributed by atoms with van der Waals surface area (Å²) in [5, 5.41) is 0.980. The highest BCUT2D eigenvalue weighted by atomic mass is 35.5. The van der Waals surface area contributed by atoms with Crippen molar-refractivity contribution in [1.29, 1.82) is 0 Å². The zero-order chi connectivity index (χ0) is 14.8. The van der Waals surface area contributed by atoms with Crippen LogP contribution in [0.1, 0.15) is 19.3 Å². The van der Waals surface area contributed by atoms with Gasteiger partial charge in [0.2, 0.25) is 0 Å². The molecule has 1 aromatic carbocycles. The molecule has 0 unspecified atom stereocenters. The van der Waals surface area contributed by atoms with Crippen molar-refractivity contribution in [3.05, 3.63) is 28.2 Å². The second kappa shape index (κ2) is 6.42. The van der Waals surface area contributed by atoms with Gasteiger partial charge in [-0.1, -0.05) is 23.2 Å². The Bertz CT molecular complexity index is 532. The van der Waals surface area contributed by atoms with Gasteiger partial charge in [-0.3, -0.25) is 4.79 Å². The molecular weight excluding hydrogens is 313 g/mol. The van der Waals surface area contributed by atoms with Gasteiger partial charge in [-0.2, -0.15) is 0 Å². The molecule has 1 aromatic rings. The SMILES string of the molecule is O=C1[C@@H](Oc2ccc(Cl)cc2Cl)CCN1C1CCOCC1. The van der Waals surface area contributed by atoms with Crippen LogP contribution in [0.15, 0.2) is 18.2 Å². The number of halogens is 2. The summed E-state index contributed by atoms with van der Waals surface area (Å²) in [6, 6.07) is 5.31. The molecule has 2 heterocycles. The van der Waals surface area contributed by atoms with E-state index in [1.54, 1.807) is 18.2 Å². The van der Waals surface area contributed by atoms with E-state index in [-0.39, 0.29) is 11.9 Å². The van der Waals surface area contributed by atoms with Crippen molar-refractivity contribution < 1.29 is 14.3 Å². The van der Waals surface area contributed by atoms with Gasteiger partial charge in [0, 0.05) is 37.2 Å². The Hall–Kier alpha value is -0.970. The fraction of sp³-hybridized carbons (Fsp3) is 0.533. The Morgan fingerprint density at radius 2 is 1.95 bits per heavy atom. The van der Waals surface area contributed by atoms with Crippen molar-refractivity contribution in [2.45, 2.75) is 31.4 Å². The lowest BCUT2D eigenvalue weighted by Crippen LogP contribution is -2.42. The zero-order valence-corrected chi connectivity index (χ0v) is 13.1. The summed E-state index contributed by atoms with van der Waals surface area (Å²) in [6.07, 6.45) is 2.04. The molecule has 0 N–H and O–H groups in total. The highest BCUT2D eigenvalue weighted by molar-refractivity contribution is 6.35. The molecule has 2 fully saturated rings. The van der Waals surface area contributed by atoms with Crippen molar-refractivity contribution in [2.75, 3.05) is 19.8 Å². The Balaban J connectivity index is 1.66. The molecule has 21 heavy (non-hydrogen) atoms. The molecule has 6 heteroatoms. The number of rotatable bonds is 3. The Morgan fingerprint density at radius 1 is 1.19 bits per heavy atom. The molecule has 2 aliphatic heterocycles. The first-order valence-electron chi connectivity index (χ1n) is 7.15. The first kappa shape index (κ1) is 14.9. The molecular formula is C15H17Cl2NO3. The van der Waals surface area contributed by atoms with E-state index in [2.05, 4.69) is 0 Å². The van der Waals surface area contributed by atoms with E-state index in [4.69, 9.17) is 32.7 Å². The lowest BCUT2D eigenvalue weighted by Gasteiger charge is -2.31. The van der Waals surface area contributed by atoms with E-state index in [1.807, 2.05) is 4.90 Å². The van der Waals surface area contributed by atoms with Gasteiger partial charge in [0.25, 0.3) is 5.91 Å². The molecule has 1 atom stereocenters. The molecule has 3 rings (SSSR count). The third-order valence-corrected chi connectivity index (χ3v) is 4.52. The van der Waals surface area contributed by atoms with E-state index in [9.17, 15) is 4.79 Å². The number of carbonyl (C=O) groups is 1. The average Bonchev–Trinajstić information content (AvgIpc) is 2.84. The van der Waals surface area contributed by atoms with Crippen LogP contribution in [0.2, 0.25) is 10.0 Å². The van der Waals surface area contributed by atoms with Crippen molar-refractivity contribution in [2.24, 2.45) is 0 Å². The lowest BCUT2D eigenvalue weighted by molar-refractivity contribution is -0.136. The van der Waals surface area contributed by atoms with Crippen LogP contribution in [0.25, 0.3) is 0 Å². The van der Waals surface area contributed by atoms with Gasteiger partial charge >= 0.3 is 0 Å². The summed E-state index contributed by atoms with van der Waals surface area (Å²) in [4.78, 5) is 14.4. The summed E-state index contributed by atoms with van der Waals surface area (Å²) in [5.41, 5.74) is 0. The Morgan fingerprint density at radius 3 is 2.67 bits per heavy atom. The zero-order valence-electron chi connectivity index (χ0n) is 11.6. The third-order valence-electron chi connectivity index (χ3n) is 3.99. The lowest BCUT2D eigenvalue weighted by atomic mass is 10.1. The van der Waals surface area contributed by atoms with Gasteiger partial charge in [-0.05, 0) is 31.0 Å². The minimum absolute atomic E-state index is 0.0490. The molecule has 0 aliphatic carbocycles. The molecule has 0 aromatic heterocycles. The molecule has 0 spiro atoms. The molecule has 0 bridgehead atoms. The number of amides is 1. The van der Waals surface area contributed by atoms with E-state index in [0.717, 1.165) is 32.6 Å². The fourth-order valence-corrected chi connectivity index (χ4v) is 3.32. The normalized spacial score (nSPS) is 23.6. The minimum atomic E-state index is -0.452. The summed E-state index contributed by atoms with van der Waals surface area (Å²) in [6.45, 7) is 2.19. The second-order valence-electron chi connectivity index (χ2n) is 5.35. The molecule has 1 amide bonds. The van der Waals surface area contributed by atoms with Crippen LogP contribution in [0.5, 0.6) is 5.75 Å². The van der Waals surface area contributed by atoms with E-state index < -0.39 is 6.10 Å². The monoisotopic (exact) mass is 329 g/mol. The smallest absolute Gasteiger partial charge is 0.263 e. The van der Waals surface area contributed by atoms with Crippen LogP contribution in [-0.4, -0.2) is 42.7 Å². The number of ether oxygens (including phenoxy) is 2. The first-order chi connectivity index (χ1) is 10.1. The number of hydrogen-bond donors (Lipinski definition) is 0. The van der Waals surface area contributed by atoms with Crippen LogP contribution in [0.3, 0.4) is 0 Å². The Labute approximate surface area is 133 Å². The van der Waals surface area contributed by atoms with Crippen LogP contribution >= 0.6 is 23.2 Å². The molecule has 0 saturated carbocycles. The van der Waals surface area contributed by atoms with Gasteiger partial charge in [0.15, 0.2) is 6.10 Å². The second-order valence-corrected chi connectivity index (χ2v) is 6.19. The fourth-order valence-electron chi connectivity index (χ4n) is 2.87. The number of carbonyl (C=O) groups excluding carboxylic acids is 1. The largest absolute Gasteiger partial charge is 0.479 e. The molecule has 4 nitrogen and oxygen atoms in total. The first-order valence-corrected chi connectivity index (χ1v) is 7.90.